The van der Waals surface area contributed by atoms with Gasteiger partial charge in [-0.25, -0.2) is 12.8 Å². The second kappa shape index (κ2) is 10.5. The first kappa shape index (κ1) is 24.3. The van der Waals surface area contributed by atoms with Crippen LogP contribution in [0, 0.1) is 5.82 Å². The fourth-order valence-corrected chi connectivity index (χ4v) is 5.39. The zero-order valence-corrected chi connectivity index (χ0v) is 19.7. The van der Waals surface area contributed by atoms with Gasteiger partial charge in [-0.15, -0.1) is 0 Å². The number of benzene rings is 2. The molecule has 2 aromatic rings. The Kier molecular flexibility index (Phi) is 7.97. The van der Waals surface area contributed by atoms with Crippen molar-refractivity contribution in [1.82, 2.24) is 9.21 Å². The summed E-state index contributed by atoms with van der Waals surface area (Å²) >= 11 is 6.22. The van der Waals surface area contributed by atoms with Crippen LogP contribution in [0.25, 0.3) is 0 Å². The Hall–Kier alpha value is -2.36. The van der Waals surface area contributed by atoms with Gasteiger partial charge in [-0.2, -0.15) is 4.31 Å². The summed E-state index contributed by atoms with van der Waals surface area (Å²) in [7, 11) is -3.63. The molecule has 1 fully saturated rings. The molecule has 0 saturated carbocycles. The molecular formula is C22H27ClFN3O4S. The van der Waals surface area contributed by atoms with Crippen molar-refractivity contribution in [3.05, 3.63) is 53.3 Å². The average Bonchev–Trinajstić information content (AvgIpc) is 2.79. The van der Waals surface area contributed by atoms with Crippen molar-refractivity contribution in [2.45, 2.75) is 18.7 Å². The van der Waals surface area contributed by atoms with Crippen molar-refractivity contribution in [2.75, 3.05) is 50.8 Å². The lowest BCUT2D eigenvalue weighted by Crippen LogP contribution is -2.50. The van der Waals surface area contributed by atoms with Crippen LogP contribution in [0.3, 0.4) is 0 Å². The summed E-state index contributed by atoms with van der Waals surface area (Å²) in [5.41, 5.74) is 0.530. The third-order valence-electron chi connectivity index (χ3n) is 5.42. The Morgan fingerprint density at radius 2 is 1.75 bits per heavy atom. The molecule has 32 heavy (non-hydrogen) atoms. The highest BCUT2D eigenvalue weighted by Crippen LogP contribution is 2.29. The standard InChI is InChI=1S/C22H27ClFN3O4S/c1-3-27(4-2)32(29,30)17-9-10-21(18(23)15-17)31-16-22(28)26-13-11-25(12-14-26)20-8-6-5-7-19(20)24/h5-10,15H,3-4,11-14,16H2,1-2H3. The van der Waals surface area contributed by atoms with Crippen molar-refractivity contribution in [1.29, 1.82) is 0 Å². The van der Waals surface area contributed by atoms with Crippen LogP contribution in [0.5, 0.6) is 5.75 Å². The molecule has 1 aliphatic rings. The Morgan fingerprint density at radius 3 is 2.34 bits per heavy atom. The number of nitrogens with zero attached hydrogens (tertiary/aromatic N) is 3. The fraction of sp³-hybridized carbons (Fsp3) is 0.409. The third kappa shape index (κ3) is 5.33. The smallest absolute Gasteiger partial charge is 0.260 e. The van der Waals surface area contributed by atoms with Crippen LogP contribution >= 0.6 is 11.6 Å². The van der Waals surface area contributed by atoms with E-state index in [9.17, 15) is 17.6 Å². The van der Waals surface area contributed by atoms with Gasteiger partial charge < -0.3 is 14.5 Å². The number of para-hydroxylation sites is 1. The SMILES string of the molecule is CCN(CC)S(=O)(=O)c1ccc(OCC(=O)N2CCN(c3ccccc3F)CC2)c(Cl)c1. The molecule has 0 N–H and O–H groups in total. The van der Waals surface area contributed by atoms with Crippen LogP contribution in [0.1, 0.15) is 13.8 Å². The first-order valence-corrected chi connectivity index (χ1v) is 12.3. The molecule has 7 nitrogen and oxygen atoms in total. The monoisotopic (exact) mass is 483 g/mol. The number of anilines is 1. The molecule has 1 heterocycles. The van der Waals surface area contributed by atoms with Crippen LogP contribution < -0.4 is 9.64 Å². The predicted octanol–water partition coefficient (Wildman–Crippen LogP) is 3.24. The van der Waals surface area contributed by atoms with E-state index in [1.807, 2.05) is 4.90 Å². The van der Waals surface area contributed by atoms with E-state index in [-0.39, 0.29) is 34.0 Å². The van der Waals surface area contributed by atoms with Gasteiger partial charge in [0.05, 0.1) is 15.6 Å². The molecule has 174 valence electrons. The summed E-state index contributed by atoms with van der Waals surface area (Å²) in [6.07, 6.45) is 0. The molecule has 0 radical (unpaired) electrons. The number of halogens is 2. The fourth-order valence-electron chi connectivity index (χ4n) is 3.61. The molecule has 1 amide bonds. The summed E-state index contributed by atoms with van der Waals surface area (Å²) in [6.45, 7) is 5.96. The molecule has 0 aliphatic carbocycles. The molecule has 0 aromatic heterocycles. The van der Waals surface area contributed by atoms with E-state index in [0.29, 0.717) is 45.0 Å². The molecule has 1 aliphatic heterocycles. The minimum atomic E-state index is -3.63. The van der Waals surface area contributed by atoms with E-state index in [0.717, 1.165) is 0 Å². The van der Waals surface area contributed by atoms with E-state index in [4.69, 9.17) is 16.3 Å². The predicted molar refractivity (Wildman–Crippen MR) is 122 cm³/mol. The molecule has 3 rings (SSSR count). The van der Waals surface area contributed by atoms with E-state index < -0.39 is 10.0 Å². The van der Waals surface area contributed by atoms with Gasteiger partial charge in [0.25, 0.3) is 5.91 Å². The van der Waals surface area contributed by atoms with E-state index >= 15 is 0 Å². The molecule has 0 bridgehead atoms. The molecular weight excluding hydrogens is 457 g/mol. The van der Waals surface area contributed by atoms with Crippen LogP contribution in [-0.4, -0.2) is 69.4 Å². The quantitative estimate of drug-likeness (QED) is 0.576. The first-order chi connectivity index (χ1) is 15.3. The molecule has 0 atom stereocenters. The highest BCUT2D eigenvalue weighted by Gasteiger charge is 2.25. The summed E-state index contributed by atoms with van der Waals surface area (Å²) in [6, 6.07) is 10.8. The van der Waals surface area contributed by atoms with Crippen LogP contribution in [0.15, 0.2) is 47.4 Å². The van der Waals surface area contributed by atoms with Gasteiger partial charge in [-0.05, 0) is 30.3 Å². The number of hydrogen-bond donors (Lipinski definition) is 0. The third-order valence-corrected chi connectivity index (χ3v) is 7.76. The normalized spacial score (nSPS) is 14.7. The number of amides is 1. The summed E-state index contributed by atoms with van der Waals surface area (Å²) in [5, 5.41) is 0.121. The maximum atomic E-state index is 14.0. The number of carbonyl (C=O) groups excluding carboxylic acids is 1. The largest absolute Gasteiger partial charge is 0.482 e. The summed E-state index contributed by atoms with van der Waals surface area (Å²) in [4.78, 5) is 16.2. The lowest BCUT2D eigenvalue weighted by Gasteiger charge is -2.36. The molecule has 1 saturated heterocycles. The summed E-state index contributed by atoms with van der Waals surface area (Å²) < 4.78 is 46.1. The second-order valence-electron chi connectivity index (χ2n) is 7.29. The summed E-state index contributed by atoms with van der Waals surface area (Å²) in [5.74, 6) is -0.255. The number of rotatable bonds is 8. The maximum absolute atomic E-state index is 14.0. The number of piperazine rings is 1. The van der Waals surface area contributed by atoms with E-state index in [1.165, 1.54) is 28.6 Å². The van der Waals surface area contributed by atoms with Crippen molar-refractivity contribution in [3.63, 3.8) is 0 Å². The van der Waals surface area contributed by atoms with Crippen LogP contribution in [-0.2, 0) is 14.8 Å². The Bertz CT molecular complexity index is 1050. The lowest BCUT2D eigenvalue weighted by molar-refractivity contribution is -0.133. The Balaban J connectivity index is 1.57. The molecule has 0 spiro atoms. The van der Waals surface area contributed by atoms with Crippen molar-refractivity contribution in [2.24, 2.45) is 0 Å². The number of sulfonamides is 1. The second-order valence-corrected chi connectivity index (χ2v) is 9.63. The van der Waals surface area contributed by atoms with Gasteiger partial charge in [0.2, 0.25) is 10.0 Å². The van der Waals surface area contributed by atoms with Crippen molar-refractivity contribution >= 4 is 33.2 Å². The Labute approximate surface area is 193 Å². The zero-order chi connectivity index (χ0) is 23.3. The van der Waals surface area contributed by atoms with Gasteiger partial charge in [0.1, 0.15) is 11.6 Å². The number of carbonyl (C=O) groups is 1. The van der Waals surface area contributed by atoms with Crippen LogP contribution in [0.2, 0.25) is 5.02 Å². The van der Waals surface area contributed by atoms with Crippen molar-refractivity contribution < 1.29 is 22.3 Å². The lowest BCUT2D eigenvalue weighted by atomic mass is 10.2. The average molecular weight is 484 g/mol. The highest BCUT2D eigenvalue weighted by atomic mass is 35.5. The topological polar surface area (TPSA) is 70.2 Å². The zero-order valence-electron chi connectivity index (χ0n) is 18.1. The minimum absolute atomic E-state index is 0.0779. The maximum Gasteiger partial charge on any atom is 0.260 e. The number of ether oxygens (including phenoxy) is 1. The van der Waals surface area contributed by atoms with Crippen LogP contribution in [0.4, 0.5) is 10.1 Å². The van der Waals surface area contributed by atoms with Gasteiger partial charge in [-0.1, -0.05) is 37.6 Å². The molecule has 0 unspecified atom stereocenters. The van der Waals surface area contributed by atoms with Gasteiger partial charge in [-0.3, -0.25) is 4.79 Å². The molecule has 2 aromatic carbocycles. The first-order valence-electron chi connectivity index (χ1n) is 10.5. The highest BCUT2D eigenvalue weighted by molar-refractivity contribution is 7.89. The van der Waals surface area contributed by atoms with E-state index in [1.54, 1.807) is 36.9 Å². The van der Waals surface area contributed by atoms with Gasteiger partial charge >= 0.3 is 0 Å². The van der Waals surface area contributed by atoms with Gasteiger partial charge in [0, 0.05) is 39.3 Å². The van der Waals surface area contributed by atoms with Gasteiger partial charge in [0.15, 0.2) is 6.61 Å². The minimum Gasteiger partial charge on any atom is -0.482 e. The van der Waals surface area contributed by atoms with Crippen molar-refractivity contribution in [3.8, 4) is 5.75 Å². The number of hydrogen-bond acceptors (Lipinski definition) is 5. The molecule has 10 heteroatoms. The van der Waals surface area contributed by atoms with E-state index in [2.05, 4.69) is 0 Å². The Morgan fingerprint density at radius 1 is 1.09 bits per heavy atom.